The van der Waals surface area contributed by atoms with Gasteiger partial charge in [0.25, 0.3) is 5.56 Å². The maximum absolute atomic E-state index is 13.2. The van der Waals surface area contributed by atoms with Gasteiger partial charge in [-0.25, -0.2) is 14.4 Å². The number of aromatic amines is 1. The third-order valence-corrected chi connectivity index (χ3v) is 6.70. The van der Waals surface area contributed by atoms with Gasteiger partial charge in [0.05, 0.1) is 11.1 Å². The number of rotatable bonds is 8. The quantitative estimate of drug-likeness (QED) is 0.236. The molecule has 4 aromatic rings. The van der Waals surface area contributed by atoms with Gasteiger partial charge < -0.3 is 23.7 Å². The summed E-state index contributed by atoms with van der Waals surface area (Å²) in [4.78, 5) is 53.2. The Bertz CT molecular complexity index is 1710. The van der Waals surface area contributed by atoms with Crippen molar-refractivity contribution in [1.82, 2.24) is 9.55 Å². The minimum atomic E-state index is -1.28. The molecule has 0 unspecified atom stereocenters. The molecule has 1 aromatic heterocycles. The number of thiocarbonyl (C=S) groups is 1. The Labute approximate surface area is 250 Å². The first-order valence-corrected chi connectivity index (χ1v) is 13.6. The highest BCUT2D eigenvalue weighted by Crippen LogP contribution is 2.34. The van der Waals surface area contributed by atoms with E-state index in [1.807, 2.05) is 0 Å². The molecule has 11 nitrogen and oxygen atoms in total. The molecule has 0 radical (unpaired) electrons. The molecular formula is C31H26N2O9S. The Morgan fingerprint density at radius 3 is 2.05 bits per heavy atom. The zero-order valence-electron chi connectivity index (χ0n) is 22.8. The Balaban J connectivity index is 1.49. The molecule has 0 saturated carbocycles. The highest BCUT2D eigenvalue weighted by Gasteiger charge is 2.51. The van der Waals surface area contributed by atoms with Crippen LogP contribution in [0, 0.1) is 6.92 Å². The minimum absolute atomic E-state index is 0.210. The van der Waals surface area contributed by atoms with Crippen molar-refractivity contribution in [3.05, 3.63) is 135 Å². The number of nitrogens with one attached hydrogen (secondary N) is 1. The van der Waals surface area contributed by atoms with Gasteiger partial charge in [0, 0.05) is 24.0 Å². The summed E-state index contributed by atoms with van der Waals surface area (Å²) in [6, 6.07) is 25.1. The number of hydrogen-bond donors (Lipinski definition) is 1. The molecule has 2 heterocycles. The van der Waals surface area contributed by atoms with E-state index in [-0.39, 0.29) is 23.0 Å². The van der Waals surface area contributed by atoms with Crippen molar-refractivity contribution in [1.29, 1.82) is 0 Å². The molecule has 1 saturated heterocycles. The fourth-order valence-corrected chi connectivity index (χ4v) is 4.62. The molecule has 43 heavy (non-hydrogen) atoms. The molecule has 12 heteroatoms. The fraction of sp³-hybridized carbons (Fsp3) is 0.194. The zero-order valence-corrected chi connectivity index (χ0v) is 23.6. The van der Waals surface area contributed by atoms with Crippen LogP contribution in [0.3, 0.4) is 0 Å². The summed E-state index contributed by atoms with van der Waals surface area (Å²) in [7, 11) is 0. The first-order chi connectivity index (χ1) is 20.8. The van der Waals surface area contributed by atoms with Crippen molar-refractivity contribution in [3.8, 4) is 5.75 Å². The summed E-state index contributed by atoms with van der Waals surface area (Å²) < 4.78 is 30.3. The number of ether oxygens (including phenoxy) is 5. The van der Waals surface area contributed by atoms with Crippen LogP contribution in [-0.2, 0) is 18.9 Å². The van der Waals surface area contributed by atoms with Crippen LogP contribution >= 0.6 is 12.2 Å². The molecule has 0 spiro atoms. The molecule has 0 aliphatic carbocycles. The number of aryl methyl sites for hydroxylation is 1. The second-order valence-electron chi connectivity index (χ2n) is 9.49. The number of esters is 2. The van der Waals surface area contributed by atoms with Gasteiger partial charge in [0.15, 0.2) is 18.4 Å². The van der Waals surface area contributed by atoms with E-state index in [0.29, 0.717) is 11.3 Å². The van der Waals surface area contributed by atoms with E-state index in [2.05, 4.69) is 4.98 Å². The first-order valence-electron chi connectivity index (χ1n) is 13.2. The minimum Gasteiger partial charge on any atom is -0.459 e. The summed E-state index contributed by atoms with van der Waals surface area (Å²) in [5.74, 6) is -0.979. The molecule has 1 N–H and O–H groups in total. The molecule has 1 aliphatic heterocycles. The Kier molecular flexibility index (Phi) is 9.08. The van der Waals surface area contributed by atoms with Gasteiger partial charge in [-0.05, 0) is 43.3 Å². The number of aromatic nitrogens is 2. The second kappa shape index (κ2) is 13.3. The smallest absolute Gasteiger partial charge is 0.358 e. The molecular weight excluding hydrogens is 576 g/mol. The Morgan fingerprint density at radius 1 is 0.837 bits per heavy atom. The van der Waals surface area contributed by atoms with E-state index in [1.54, 1.807) is 91.0 Å². The lowest BCUT2D eigenvalue weighted by atomic mass is 10.1. The van der Waals surface area contributed by atoms with Crippen LogP contribution in [0.4, 0.5) is 0 Å². The number of hydrogen-bond acceptors (Lipinski definition) is 10. The number of carbonyl (C=O) groups is 2. The lowest BCUT2D eigenvalue weighted by molar-refractivity contribution is -0.0613. The van der Waals surface area contributed by atoms with Gasteiger partial charge in [0.2, 0.25) is 0 Å². The summed E-state index contributed by atoms with van der Waals surface area (Å²) in [6.45, 7) is 1.13. The third kappa shape index (κ3) is 7.05. The van der Waals surface area contributed by atoms with Crippen molar-refractivity contribution in [2.45, 2.75) is 31.5 Å². The normalized spacial score (nSPS) is 19.3. The average molecular weight is 603 g/mol. The van der Waals surface area contributed by atoms with E-state index in [9.17, 15) is 19.2 Å². The molecule has 1 aliphatic rings. The maximum atomic E-state index is 13.2. The van der Waals surface area contributed by atoms with Crippen LogP contribution in [0.25, 0.3) is 0 Å². The standard InChI is InChI=1S/C31H26N2O9S/c1-19-17-33(30(37)32-26(19)34)27-25(42-31(43)39-22-15-9-4-10-16-22)24(41-29(36)21-13-7-3-8-14-21)23(40-27)18-38-28(35)20-11-5-2-6-12-20/h2-17,23-25,27H,18H2,1H3,(H,32,34,37)/t23-,24+,25-,27-/m0/s1. The van der Waals surface area contributed by atoms with Gasteiger partial charge >= 0.3 is 22.9 Å². The van der Waals surface area contributed by atoms with Crippen LogP contribution in [0.2, 0.25) is 0 Å². The van der Waals surface area contributed by atoms with Crippen molar-refractivity contribution < 1.29 is 33.3 Å². The van der Waals surface area contributed by atoms with Crippen LogP contribution in [0.5, 0.6) is 5.75 Å². The lowest BCUT2D eigenvalue weighted by Crippen LogP contribution is -2.43. The summed E-state index contributed by atoms with van der Waals surface area (Å²) in [6.07, 6.45) is -3.63. The number of carbonyl (C=O) groups excluding carboxylic acids is 2. The maximum Gasteiger partial charge on any atom is 0.358 e. The first kappa shape index (κ1) is 29.4. The zero-order chi connectivity index (χ0) is 30.3. The average Bonchev–Trinajstić information content (AvgIpc) is 3.34. The van der Waals surface area contributed by atoms with Gasteiger partial charge in [-0.3, -0.25) is 14.3 Å². The summed E-state index contributed by atoms with van der Waals surface area (Å²) >= 11 is 5.35. The molecule has 4 atom stereocenters. The van der Waals surface area contributed by atoms with Crippen LogP contribution in [-0.4, -0.2) is 51.6 Å². The molecule has 0 amide bonds. The SMILES string of the molecule is Cc1cn([C@H]2O[C@@H](COC(=O)c3ccccc3)[C@@H](OC(=O)c3ccccc3)[C@@H]2OC(=S)Oc2ccccc2)c(=O)[nH]c1=O. The number of nitrogens with zero attached hydrogens (tertiary/aromatic N) is 1. The highest BCUT2D eigenvalue weighted by atomic mass is 32.1. The van der Waals surface area contributed by atoms with E-state index in [0.717, 1.165) is 4.57 Å². The topological polar surface area (TPSA) is 135 Å². The Hall–Kier alpha value is -5.07. The lowest BCUT2D eigenvalue weighted by Gasteiger charge is -2.25. The van der Waals surface area contributed by atoms with Crippen LogP contribution in [0.15, 0.2) is 107 Å². The summed E-state index contributed by atoms with van der Waals surface area (Å²) in [5.41, 5.74) is -0.640. The van der Waals surface area contributed by atoms with Gasteiger partial charge in [0.1, 0.15) is 18.5 Å². The third-order valence-electron chi connectivity index (χ3n) is 6.52. The van der Waals surface area contributed by atoms with Gasteiger partial charge in [-0.2, -0.15) is 0 Å². The fourth-order valence-electron chi connectivity index (χ4n) is 4.41. The predicted octanol–water partition coefficient (Wildman–Crippen LogP) is 3.57. The van der Waals surface area contributed by atoms with E-state index >= 15 is 0 Å². The molecule has 1 fully saturated rings. The predicted molar refractivity (Wildman–Crippen MR) is 157 cm³/mol. The van der Waals surface area contributed by atoms with E-state index < -0.39 is 47.7 Å². The molecule has 5 rings (SSSR count). The van der Waals surface area contributed by atoms with E-state index in [4.69, 9.17) is 35.9 Å². The number of para-hydroxylation sites is 1. The van der Waals surface area contributed by atoms with Gasteiger partial charge in [-0.1, -0.05) is 54.6 Å². The second-order valence-corrected chi connectivity index (χ2v) is 9.83. The van der Waals surface area contributed by atoms with Crippen molar-refractivity contribution in [2.24, 2.45) is 0 Å². The largest absolute Gasteiger partial charge is 0.459 e. The molecule has 0 bridgehead atoms. The van der Waals surface area contributed by atoms with Crippen molar-refractivity contribution in [2.75, 3.05) is 6.61 Å². The number of benzene rings is 3. The monoisotopic (exact) mass is 602 g/mol. The molecule has 220 valence electrons. The highest BCUT2D eigenvalue weighted by molar-refractivity contribution is 7.79. The van der Waals surface area contributed by atoms with Crippen molar-refractivity contribution >= 4 is 29.4 Å². The van der Waals surface area contributed by atoms with Crippen molar-refractivity contribution in [3.63, 3.8) is 0 Å². The number of H-pyrrole nitrogens is 1. The molecule has 3 aromatic carbocycles. The Morgan fingerprint density at radius 2 is 1.42 bits per heavy atom. The van der Waals surface area contributed by atoms with Crippen LogP contribution in [0.1, 0.15) is 32.5 Å². The van der Waals surface area contributed by atoms with Crippen LogP contribution < -0.4 is 16.0 Å². The summed E-state index contributed by atoms with van der Waals surface area (Å²) in [5, 5.41) is -0.346. The van der Waals surface area contributed by atoms with Gasteiger partial charge in [-0.15, -0.1) is 0 Å². The van der Waals surface area contributed by atoms with E-state index in [1.165, 1.54) is 13.1 Å².